The fraction of sp³-hybridized carbons (Fsp3) is 0.182. The molecule has 0 atom stereocenters. The van der Waals surface area contributed by atoms with Crippen LogP contribution >= 0.6 is 11.6 Å². The van der Waals surface area contributed by atoms with E-state index in [1.807, 2.05) is 53.1 Å². The first-order valence-corrected chi connectivity index (χ1v) is 9.16. The van der Waals surface area contributed by atoms with Crippen LogP contribution in [0.5, 0.6) is 5.75 Å². The molecule has 0 aliphatic carbocycles. The van der Waals surface area contributed by atoms with Gasteiger partial charge in [-0.25, -0.2) is 9.59 Å². The van der Waals surface area contributed by atoms with Crippen LogP contribution in [0.3, 0.4) is 0 Å². The number of carbonyl (C=O) groups excluding carboxylic acids is 2. The van der Waals surface area contributed by atoms with Crippen LogP contribution in [0.25, 0.3) is 17.0 Å². The number of benzene rings is 2. The number of methoxy groups -OCH3 is 3. The Hall–Kier alpha value is -3.25. The Kier molecular flexibility index (Phi) is 6.24. The third-order valence-electron chi connectivity index (χ3n) is 4.54. The molecule has 0 fully saturated rings. The number of esters is 2. The second-order valence-corrected chi connectivity index (χ2v) is 6.56. The zero-order chi connectivity index (χ0) is 21.0. The average molecular weight is 414 g/mol. The first-order chi connectivity index (χ1) is 14.0. The van der Waals surface area contributed by atoms with E-state index in [0.717, 1.165) is 22.2 Å². The number of aromatic nitrogens is 1. The third-order valence-corrected chi connectivity index (χ3v) is 4.95. The first kappa shape index (κ1) is 20.5. The topological polar surface area (TPSA) is 66.8 Å². The molecular formula is C22H20ClNO5. The van der Waals surface area contributed by atoms with E-state index in [-0.39, 0.29) is 5.57 Å². The minimum absolute atomic E-state index is 0.232. The quantitative estimate of drug-likeness (QED) is 0.263. The number of halogens is 1. The lowest BCUT2D eigenvalue weighted by Gasteiger charge is -2.08. The van der Waals surface area contributed by atoms with E-state index in [1.54, 1.807) is 7.11 Å². The molecule has 7 heteroatoms. The van der Waals surface area contributed by atoms with Crippen molar-refractivity contribution in [2.75, 3.05) is 21.3 Å². The fourth-order valence-electron chi connectivity index (χ4n) is 3.07. The SMILES string of the molecule is COC(=O)C(=Cc1c(Cl)n(Cc2ccc(OC)cc2)c2ccccc12)C(=O)OC. The van der Waals surface area contributed by atoms with Gasteiger partial charge in [0, 0.05) is 17.5 Å². The lowest BCUT2D eigenvalue weighted by atomic mass is 10.1. The molecular weight excluding hydrogens is 394 g/mol. The van der Waals surface area contributed by atoms with Gasteiger partial charge in [-0.15, -0.1) is 0 Å². The van der Waals surface area contributed by atoms with Crippen molar-refractivity contribution in [2.24, 2.45) is 0 Å². The zero-order valence-electron chi connectivity index (χ0n) is 16.3. The van der Waals surface area contributed by atoms with Gasteiger partial charge in [0.15, 0.2) is 0 Å². The smallest absolute Gasteiger partial charge is 0.345 e. The molecule has 2 aromatic carbocycles. The zero-order valence-corrected chi connectivity index (χ0v) is 17.0. The minimum atomic E-state index is -0.792. The van der Waals surface area contributed by atoms with Gasteiger partial charge in [-0.3, -0.25) is 0 Å². The molecule has 0 aliphatic heterocycles. The Morgan fingerprint density at radius 3 is 2.17 bits per heavy atom. The highest BCUT2D eigenvalue weighted by molar-refractivity contribution is 6.33. The molecule has 0 spiro atoms. The van der Waals surface area contributed by atoms with Crippen molar-refractivity contribution < 1.29 is 23.8 Å². The molecule has 1 aromatic heterocycles. The van der Waals surface area contributed by atoms with Crippen molar-refractivity contribution in [3.05, 3.63) is 70.4 Å². The molecule has 0 bridgehead atoms. The number of rotatable bonds is 6. The molecule has 150 valence electrons. The Labute approximate surface area is 173 Å². The number of hydrogen-bond acceptors (Lipinski definition) is 5. The van der Waals surface area contributed by atoms with Crippen LogP contribution in [0.2, 0.25) is 5.15 Å². The van der Waals surface area contributed by atoms with Gasteiger partial charge < -0.3 is 18.8 Å². The molecule has 6 nitrogen and oxygen atoms in total. The molecule has 0 saturated heterocycles. The summed E-state index contributed by atoms with van der Waals surface area (Å²) in [6.07, 6.45) is 1.41. The number of fused-ring (bicyclic) bond motifs is 1. The standard InChI is InChI=1S/C22H20ClNO5/c1-27-15-10-8-14(9-11-15)13-24-19-7-5-4-6-16(19)17(20(24)23)12-18(21(25)28-2)22(26)29-3/h4-12H,13H2,1-3H3. The number of para-hydroxylation sites is 1. The van der Waals surface area contributed by atoms with Crippen molar-refractivity contribution in [3.8, 4) is 5.75 Å². The largest absolute Gasteiger partial charge is 0.497 e. The van der Waals surface area contributed by atoms with Crippen LogP contribution in [-0.4, -0.2) is 37.8 Å². The maximum atomic E-state index is 12.1. The summed E-state index contributed by atoms with van der Waals surface area (Å²) in [5.74, 6) is -0.818. The van der Waals surface area contributed by atoms with Crippen LogP contribution in [0.4, 0.5) is 0 Å². The van der Waals surface area contributed by atoms with E-state index in [1.165, 1.54) is 20.3 Å². The minimum Gasteiger partial charge on any atom is -0.497 e. The monoisotopic (exact) mass is 413 g/mol. The number of hydrogen-bond donors (Lipinski definition) is 0. The maximum Gasteiger partial charge on any atom is 0.345 e. The van der Waals surface area contributed by atoms with E-state index < -0.39 is 11.9 Å². The third kappa shape index (κ3) is 4.12. The molecule has 0 amide bonds. The normalized spacial score (nSPS) is 10.5. The van der Waals surface area contributed by atoms with E-state index >= 15 is 0 Å². The predicted octanol–water partition coefficient (Wildman–Crippen LogP) is 4.08. The van der Waals surface area contributed by atoms with Gasteiger partial charge in [-0.05, 0) is 29.8 Å². The second-order valence-electron chi connectivity index (χ2n) is 6.20. The molecule has 29 heavy (non-hydrogen) atoms. The molecule has 0 unspecified atom stereocenters. The summed E-state index contributed by atoms with van der Waals surface area (Å²) in [6.45, 7) is 0.503. The van der Waals surface area contributed by atoms with Gasteiger partial charge in [0.2, 0.25) is 0 Å². The maximum absolute atomic E-state index is 12.1. The van der Waals surface area contributed by atoms with Gasteiger partial charge in [0.25, 0.3) is 0 Å². The van der Waals surface area contributed by atoms with Gasteiger partial charge in [0.1, 0.15) is 16.5 Å². The molecule has 1 heterocycles. The van der Waals surface area contributed by atoms with Gasteiger partial charge >= 0.3 is 11.9 Å². The van der Waals surface area contributed by atoms with E-state index in [2.05, 4.69) is 0 Å². The summed E-state index contributed by atoms with van der Waals surface area (Å²) in [5, 5.41) is 1.20. The predicted molar refractivity (Wildman–Crippen MR) is 111 cm³/mol. The summed E-state index contributed by atoms with van der Waals surface area (Å²) < 4.78 is 16.5. The van der Waals surface area contributed by atoms with Crippen molar-refractivity contribution >= 4 is 40.5 Å². The molecule has 0 N–H and O–H groups in total. The molecule has 0 saturated carbocycles. The summed E-state index contributed by atoms with van der Waals surface area (Å²) in [4.78, 5) is 24.1. The molecule has 0 radical (unpaired) electrons. The lowest BCUT2D eigenvalue weighted by Crippen LogP contribution is -2.15. The number of ether oxygens (including phenoxy) is 3. The van der Waals surface area contributed by atoms with E-state index in [0.29, 0.717) is 17.3 Å². The molecule has 3 rings (SSSR count). The summed E-state index contributed by atoms with van der Waals surface area (Å²) in [7, 11) is 4.02. The van der Waals surface area contributed by atoms with Crippen LogP contribution in [0, 0.1) is 0 Å². The fourth-order valence-corrected chi connectivity index (χ4v) is 3.38. The lowest BCUT2D eigenvalue weighted by molar-refractivity contribution is -0.143. The number of carbonyl (C=O) groups is 2. The van der Waals surface area contributed by atoms with Gasteiger partial charge in [-0.2, -0.15) is 0 Å². The van der Waals surface area contributed by atoms with Crippen LogP contribution < -0.4 is 4.74 Å². The second kappa shape index (κ2) is 8.84. The summed E-state index contributed by atoms with van der Waals surface area (Å²) in [5.41, 5.74) is 2.20. The Balaban J connectivity index is 2.14. The summed E-state index contributed by atoms with van der Waals surface area (Å²) in [6, 6.07) is 15.2. The van der Waals surface area contributed by atoms with E-state index in [4.69, 9.17) is 25.8 Å². The molecule has 0 aliphatic rings. The summed E-state index contributed by atoms with van der Waals surface area (Å²) >= 11 is 6.69. The Morgan fingerprint density at radius 2 is 1.59 bits per heavy atom. The van der Waals surface area contributed by atoms with Crippen molar-refractivity contribution in [1.82, 2.24) is 4.57 Å². The number of nitrogens with zero attached hydrogens (tertiary/aromatic N) is 1. The van der Waals surface area contributed by atoms with Gasteiger partial charge in [0.05, 0.1) is 26.8 Å². The Bertz CT molecular complexity index is 1060. The van der Waals surface area contributed by atoms with Crippen molar-refractivity contribution in [3.63, 3.8) is 0 Å². The molecule has 3 aromatic rings. The highest BCUT2D eigenvalue weighted by Gasteiger charge is 2.23. The highest BCUT2D eigenvalue weighted by atomic mass is 35.5. The van der Waals surface area contributed by atoms with Crippen LogP contribution in [-0.2, 0) is 25.6 Å². The average Bonchev–Trinajstić information content (AvgIpc) is 3.02. The first-order valence-electron chi connectivity index (χ1n) is 8.78. The van der Waals surface area contributed by atoms with Crippen molar-refractivity contribution in [1.29, 1.82) is 0 Å². The van der Waals surface area contributed by atoms with Crippen LogP contribution in [0.15, 0.2) is 54.1 Å². The van der Waals surface area contributed by atoms with Crippen molar-refractivity contribution in [2.45, 2.75) is 6.54 Å². The van der Waals surface area contributed by atoms with Crippen LogP contribution in [0.1, 0.15) is 11.1 Å². The van der Waals surface area contributed by atoms with Gasteiger partial charge in [-0.1, -0.05) is 41.9 Å². The Morgan fingerprint density at radius 1 is 0.966 bits per heavy atom. The highest BCUT2D eigenvalue weighted by Crippen LogP contribution is 2.33. The van der Waals surface area contributed by atoms with E-state index in [9.17, 15) is 9.59 Å².